The average Bonchev–Trinajstić information content (AvgIpc) is 3.88. The SMILES string of the molecule is c1ccc(-c2ccc(-c3ccccc3)c3cc(-c4ccc(N(c5ccccc5)c5ccc6c(c5)oc5cccc(-n7c8ccccc8c8ccccc87)c56)cc4)ccc23)cc1. The van der Waals surface area contributed by atoms with Crippen LogP contribution in [0.15, 0.2) is 235 Å². The summed E-state index contributed by atoms with van der Waals surface area (Å²) in [7, 11) is 0. The van der Waals surface area contributed by atoms with Crippen molar-refractivity contribution in [2.24, 2.45) is 0 Å². The molecule has 0 amide bonds. The van der Waals surface area contributed by atoms with Gasteiger partial charge in [-0.1, -0.05) is 158 Å². The van der Waals surface area contributed by atoms with Crippen LogP contribution in [0.4, 0.5) is 17.1 Å². The summed E-state index contributed by atoms with van der Waals surface area (Å²) in [4.78, 5) is 2.31. The van der Waals surface area contributed by atoms with Gasteiger partial charge >= 0.3 is 0 Å². The molecule has 0 aliphatic rings. The highest BCUT2D eigenvalue weighted by atomic mass is 16.3. The van der Waals surface area contributed by atoms with E-state index in [1.54, 1.807) is 0 Å². The van der Waals surface area contributed by atoms with Crippen LogP contribution in [0, 0.1) is 0 Å². The van der Waals surface area contributed by atoms with Gasteiger partial charge in [-0.25, -0.2) is 0 Å². The second-order valence-electron chi connectivity index (χ2n) is 15.7. The fourth-order valence-electron chi connectivity index (χ4n) is 9.40. The lowest BCUT2D eigenvalue weighted by Gasteiger charge is -2.25. The molecule has 0 aliphatic heterocycles. The second-order valence-corrected chi connectivity index (χ2v) is 15.7. The van der Waals surface area contributed by atoms with Gasteiger partial charge in [-0.2, -0.15) is 0 Å². The molecule has 0 saturated carbocycles. The number of anilines is 3. The van der Waals surface area contributed by atoms with Gasteiger partial charge in [0.2, 0.25) is 0 Å². The molecule has 0 saturated heterocycles. The third kappa shape index (κ3) is 5.82. The number of rotatable bonds is 7. The van der Waals surface area contributed by atoms with E-state index in [-0.39, 0.29) is 0 Å². The first-order valence-corrected chi connectivity index (χ1v) is 20.8. The first-order chi connectivity index (χ1) is 30.3. The number of benzene rings is 10. The second kappa shape index (κ2) is 14.3. The molecule has 0 unspecified atom stereocenters. The van der Waals surface area contributed by atoms with Gasteiger partial charge in [0.1, 0.15) is 11.2 Å². The third-order valence-corrected chi connectivity index (χ3v) is 12.2. The van der Waals surface area contributed by atoms with E-state index < -0.39 is 0 Å². The smallest absolute Gasteiger partial charge is 0.137 e. The minimum atomic E-state index is 0.846. The number of para-hydroxylation sites is 3. The van der Waals surface area contributed by atoms with Crippen molar-refractivity contribution in [3.05, 3.63) is 231 Å². The standard InChI is InChI=1S/C58H38N2O/c1-4-15-40(16-5-1)46-35-36-47(41-17-6-2-7-18-41)52-37-42(29-33-48(46)52)39-27-30-44(31-28-39)59(43-19-8-3-9-20-43)45-32-34-51-57(38-45)61-56-26-14-25-55(58(51)56)60-53-23-12-10-21-49(53)50-22-11-13-24-54(50)60/h1-38H. The van der Waals surface area contributed by atoms with E-state index in [2.05, 4.69) is 240 Å². The summed E-state index contributed by atoms with van der Waals surface area (Å²) in [5, 5.41) is 7.15. The molecule has 12 aromatic rings. The monoisotopic (exact) mass is 778 g/mol. The lowest BCUT2D eigenvalue weighted by Crippen LogP contribution is -2.09. The first-order valence-electron chi connectivity index (χ1n) is 20.8. The van der Waals surface area contributed by atoms with Crippen molar-refractivity contribution in [1.29, 1.82) is 0 Å². The number of fused-ring (bicyclic) bond motifs is 7. The fraction of sp³-hybridized carbons (Fsp3) is 0. The van der Waals surface area contributed by atoms with Crippen LogP contribution in [0.3, 0.4) is 0 Å². The van der Waals surface area contributed by atoms with Gasteiger partial charge in [0.05, 0.1) is 22.1 Å². The van der Waals surface area contributed by atoms with Crippen LogP contribution >= 0.6 is 0 Å². The van der Waals surface area contributed by atoms with Crippen molar-refractivity contribution in [3.8, 4) is 39.1 Å². The van der Waals surface area contributed by atoms with E-state index in [0.29, 0.717) is 0 Å². The van der Waals surface area contributed by atoms with Gasteiger partial charge in [0.15, 0.2) is 0 Å². The molecule has 2 aromatic heterocycles. The van der Waals surface area contributed by atoms with Crippen LogP contribution in [0.1, 0.15) is 0 Å². The average molecular weight is 779 g/mol. The Morgan fingerprint density at radius 2 is 0.852 bits per heavy atom. The minimum Gasteiger partial charge on any atom is -0.456 e. The fourth-order valence-corrected chi connectivity index (χ4v) is 9.40. The van der Waals surface area contributed by atoms with Crippen molar-refractivity contribution in [3.63, 3.8) is 0 Å². The highest BCUT2D eigenvalue weighted by Gasteiger charge is 2.20. The number of hydrogen-bond acceptors (Lipinski definition) is 2. The zero-order valence-corrected chi connectivity index (χ0v) is 33.2. The van der Waals surface area contributed by atoms with Crippen LogP contribution in [-0.4, -0.2) is 4.57 Å². The van der Waals surface area contributed by atoms with E-state index in [4.69, 9.17) is 4.42 Å². The van der Waals surface area contributed by atoms with Gasteiger partial charge in [-0.3, -0.25) is 0 Å². The molecule has 0 spiro atoms. The molecule has 0 bridgehead atoms. The van der Waals surface area contributed by atoms with E-state index in [9.17, 15) is 0 Å². The lowest BCUT2D eigenvalue weighted by molar-refractivity contribution is 0.669. The Bertz CT molecular complexity index is 3510. The predicted octanol–water partition coefficient (Wildman–Crippen LogP) is 16.3. The zero-order valence-electron chi connectivity index (χ0n) is 33.2. The summed E-state index contributed by atoms with van der Waals surface area (Å²) in [6.07, 6.45) is 0. The van der Waals surface area contributed by atoms with Gasteiger partial charge in [-0.05, 0) is 111 Å². The maximum absolute atomic E-state index is 6.73. The molecule has 3 nitrogen and oxygen atoms in total. The first kappa shape index (κ1) is 34.9. The van der Waals surface area contributed by atoms with E-state index in [1.165, 1.54) is 60.4 Å². The maximum Gasteiger partial charge on any atom is 0.137 e. The van der Waals surface area contributed by atoms with Crippen LogP contribution in [-0.2, 0) is 0 Å². The Morgan fingerprint density at radius 1 is 0.311 bits per heavy atom. The molecule has 10 aromatic carbocycles. The van der Waals surface area contributed by atoms with Gasteiger partial charge in [0, 0.05) is 39.3 Å². The lowest BCUT2D eigenvalue weighted by atomic mass is 9.90. The quantitative estimate of drug-likeness (QED) is 0.161. The molecule has 3 heteroatoms. The topological polar surface area (TPSA) is 21.3 Å². The molecule has 0 aliphatic carbocycles. The van der Waals surface area contributed by atoms with E-state index in [0.717, 1.165) is 50.3 Å². The molecule has 12 rings (SSSR count). The number of furan rings is 1. The van der Waals surface area contributed by atoms with E-state index in [1.807, 2.05) is 0 Å². The maximum atomic E-state index is 6.73. The van der Waals surface area contributed by atoms with E-state index >= 15 is 0 Å². The van der Waals surface area contributed by atoms with Crippen molar-refractivity contribution >= 4 is 71.6 Å². The summed E-state index contributed by atoms with van der Waals surface area (Å²) in [5.74, 6) is 0. The molecule has 286 valence electrons. The molecular weight excluding hydrogens is 741 g/mol. The van der Waals surface area contributed by atoms with Crippen LogP contribution in [0.25, 0.3) is 93.6 Å². The Balaban J connectivity index is 0.962. The molecule has 2 heterocycles. The van der Waals surface area contributed by atoms with Gasteiger partial charge in [-0.15, -0.1) is 0 Å². The van der Waals surface area contributed by atoms with Crippen LogP contribution in [0.5, 0.6) is 0 Å². The van der Waals surface area contributed by atoms with Crippen LogP contribution in [0.2, 0.25) is 0 Å². The molecule has 0 N–H and O–H groups in total. The van der Waals surface area contributed by atoms with Crippen LogP contribution < -0.4 is 4.90 Å². The molecule has 0 atom stereocenters. The third-order valence-electron chi connectivity index (χ3n) is 12.2. The van der Waals surface area contributed by atoms with Crippen molar-refractivity contribution in [2.45, 2.75) is 0 Å². The Morgan fingerprint density at radius 3 is 1.52 bits per heavy atom. The van der Waals surface area contributed by atoms with Crippen molar-refractivity contribution in [2.75, 3.05) is 4.90 Å². The summed E-state index contributed by atoms with van der Waals surface area (Å²) < 4.78 is 9.11. The van der Waals surface area contributed by atoms with Gasteiger partial charge < -0.3 is 13.9 Å². The highest BCUT2D eigenvalue weighted by molar-refractivity contribution is 6.15. The number of aromatic nitrogens is 1. The summed E-state index contributed by atoms with van der Waals surface area (Å²) in [6.45, 7) is 0. The predicted molar refractivity (Wildman–Crippen MR) is 257 cm³/mol. The number of nitrogens with zero attached hydrogens (tertiary/aromatic N) is 2. The Kier molecular flexibility index (Phi) is 8.17. The Labute approximate surface area is 353 Å². The molecule has 0 fully saturated rings. The highest BCUT2D eigenvalue weighted by Crippen LogP contribution is 2.43. The summed E-state index contributed by atoms with van der Waals surface area (Å²) >= 11 is 0. The molecule has 61 heavy (non-hydrogen) atoms. The van der Waals surface area contributed by atoms with Crippen molar-refractivity contribution < 1.29 is 4.42 Å². The Hall–Kier alpha value is -8.14. The summed E-state index contributed by atoms with van der Waals surface area (Å²) in [5.41, 5.74) is 15.6. The molecule has 0 radical (unpaired) electrons. The number of hydrogen-bond donors (Lipinski definition) is 0. The zero-order chi connectivity index (χ0) is 40.3. The molecular formula is C58H38N2O. The normalized spacial score (nSPS) is 11.6. The largest absolute Gasteiger partial charge is 0.456 e. The van der Waals surface area contributed by atoms with Crippen molar-refractivity contribution in [1.82, 2.24) is 4.57 Å². The summed E-state index contributed by atoms with van der Waals surface area (Å²) in [6, 6.07) is 82.7. The van der Waals surface area contributed by atoms with Gasteiger partial charge in [0.25, 0.3) is 0 Å². The minimum absolute atomic E-state index is 0.846.